The van der Waals surface area contributed by atoms with Gasteiger partial charge >= 0.3 is 0 Å². The van der Waals surface area contributed by atoms with E-state index >= 15 is 0 Å². The molecule has 4 rings (SSSR count). The summed E-state index contributed by atoms with van der Waals surface area (Å²) in [6, 6.07) is 5.31. The molecular weight excluding hydrogens is 340 g/mol. The maximum Gasteiger partial charge on any atom is 0.161 e. The van der Waals surface area contributed by atoms with Crippen LogP contribution in [-0.4, -0.2) is 62.0 Å². The third-order valence-electron chi connectivity index (χ3n) is 7.39. The molecule has 0 spiro atoms. The van der Waals surface area contributed by atoms with Crippen molar-refractivity contribution in [1.82, 2.24) is 10.2 Å². The molecule has 2 aliphatic carbocycles. The number of likely N-dealkylation sites (tertiary alicyclic amines) is 1. The molecule has 5 heteroatoms. The maximum atomic E-state index is 11.1. The number of benzene rings is 1. The number of phenolic OH excluding ortho intramolecular Hbond substituents is 1. The summed E-state index contributed by atoms with van der Waals surface area (Å²) in [5.41, 5.74) is 2.44. The van der Waals surface area contributed by atoms with Crippen LogP contribution >= 0.6 is 0 Å². The minimum atomic E-state index is -0.00896. The lowest BCUT2D eigenvalue weighted by Gasteiger charge is -2.61. The number of ether oxygens (including phenoxy) is 2. The van der Waals surface area contributed by atoms with Crippen LogP contribution in [0.15, 0.2) is 12.1 Å². The number of likely N-dealkylation sites (N-methyl/N-ethyl adjacent to an activating group) is 1. The van der Waals surface area contributed by atoms with E-state index in [0.29, 0.717) is 35.5 Å². The first-order valence-electron chi connectivity index (χ1n) is 10.3. The Labute approximate surface area is 163 Å². The summed E-state index contributed by atoms with van der Waals surface area (Å²) in [4.78, 5) is 2.52. The summed E-state index contributed by atoms with van der Waals surface area (Å²) in [5.74, 6) is 1.46. The van der Waals surface area contributed by atoms with E-state index in [2.05, 4.69) is 37.2 Å². The molecule has 2 fully saturated rings. The number of fused-ring (bicyclic) bond motifs is 1. The quantitative estimate of drug-likeness (QED) is 0.849. The lowest BCUT2D eigenvalue weighted by Crippen LogP contribution is -2.65. The Kier molecular flexibility index (Phi) is 4.90. The molecular formula is C22H34N2O3. The average molecular weight is 375 g/mol. The van der Waals surface area contributed by atoms with Crippen molar-refractivity contribution in [1.29, 1.82) is 0 Å². The summed E-state index contributed by atoms with van der Waals surface area (Å²) < 4.78 is 11.4. The van der Waals surface area contributed by atoms with Crippen LogP contribution in [0, 0.1) is 5.92 Å². The number of hydrogen-bond acceptors (Lipinski definition) is 5. The van der Waals surface area contributed by atoms with Crippen molar-refractivity contribution in [3.8, 4) is 11.5 Å². The average Bonchev–Trinajstić information content (AvgIpc) is 2.63. The third kappa shape index (κ3) is 2.86. The number of methoxy groups -OCH3 is 2. The summed E-state index contributed by atoms with van der Waals surface area (Å²) >= 11 is 0. The van der Waals surface area contributed by atoms with Gasteiger partial charge in [0.15, 0.2) is 11.5 Å². The molecule has 2 bridgehead atoms. The normalized spacial score (nSPS) is 35.6. The second-order valence-electron chi connectivity index (χ2n) is 9.06. The van der Waals surface area contributed by atoms with Gasteiger partial charge in [-0.15, -0.1) is 0 Å². The van der Waals surface area contributed by atoms with Crippen molar-refractivity contribution < 1.29 is 14.6 Å². The monoisotopic (exact) mass is 374 g/mol. The van der Waals surface area contributed by atoms with E-state index in [4.69, 9.17) is 9.47 Å². The van der Waals surface area contributed by atoms with Gasteiger partial charge in [-0.3, -0.25) is 0 Å². The van der Waals surface area contributed by atoms with Crippen molar-refractivity contribution in [2.45, 2.75) is 69.2 Å². The van der Waals surface area contributed by atoms with Crippen LogP contribution in [-0.2, 0) is 16.6 Å². The molecule has 1 aromatic carbocycles. The highest BCUT2D eigenvalue weighted by Crippen LogP contribution is 2.59. The van der Waals surface area contributed by atoms with Crippen molar-refractivity contribution in [2.75, 3.05) is 27.8 Å². The molecule has 3 aliphatic rings. The Morgan fingerprint density at radius 2 is 2.07 bits per heavy atom. The lowest BCUT2D eigenvalue weighted by atomic mass is 9.51. The number of nitrogens with zero attached hydrogens (tertiary/aromatic N) is 1. The van der Waals surface area contributed by atoms with Gasteiger partial charge < -0.3 is 24.8 Å². The molecule has 0 aromatic heterocycles. The predicted molar refractivity (Wildman–Crippen MR) is 107 cm³/mol. The Balaban J connectivity index is 1.85. The third-order valence-corrected chi connectivity index (χ3v) is 7.39. The van der Waals surface area contributed by atoms with Crippen LogP contribution in [0.2, 0.25) is 0 Å². The molecule has 1 saturated carbocycles. The first kappa shape index (κ1) is 19.0. The predicted octanol–water partition coefficient (Wildman–Crippen LogP) is 2.69. The van der Waals surface area contributed by atoms with Crippen LogP contribution in [0.5, 0.6) is 11.5 Å². The zero-order valence-corrected chi connectivity index (χ0v) is 17.3. The van der Waals surface area contributed by atoms with Gasteiger partial charge in [0.05, 0.1) is 13.2 Å². The standard InChI is InChI=1S/C22H34N2O3/c1-13(2)23-16-12-22-8-9-24(3)17(15(22)11-19(16)27-5)10-14-6-7-18(26-4)21(25)20(14)22/h6-7,13,15-17,19,23,25H,8-12H2,1-5H3/t15-,16+,17+,19?,22-/m1/s1. The van der Waals surface area contributed by atoms with Crippen molar-refractivity contribution in [3.05, 3.63) is 23.3 Å². The van der Waals surface area contributed by atoms with Crippen LogP contribution in [0.3, 0.4) is 0 Å². The van der Waals surface area contributed by atoms with E-state index in [1.54, 1.807) is 7.11 Å². The largest absolute Gasteiger partial charge is 0.504 e. The van der Waals surface area contributed by atoms with Crippen LogP contribution in [0.4, 0.5) is 0 Å². The fourth-order valence-corrected chi connectivity index (χ4v) is 6.27. The molecule has 1 aliphatic heterocycles. The first-order chi connectivity index (χ1) is 12.9. The van der Waals surface area contributed by atoms with E-state index in [9.17, 15) is 5.11 Å². The summed E-state index contributed by atoms with van der Waals surface area (Å²) in [5, 5.41) is 14.9. The Hall–Kier alpha value is -1.30. The minimum absolute atomic E-state index is 0.00896. The summed E-state index contributed by atoms with van der Waals surface area (Å²) in [7, 11) is 5.74. The number of aromatic hydroxyl groups is 1. The fraction of sp³-hybridized carbons (Fsp3) is 0.727. The van der Waals surface area contributed by atoms with Gasteiger partial charge in [0, 0.05) is 36.2 Å². The fourth-order valence-electron chi connectivity index (χ4n) is 6.27. The zero-order chi connectivity index (χ0) is 19.3. The second-order valence-corrected chi connectivity index (χ2v) is 9.06. The summed E-state index contributed by atoms with van der Waals surface area (Å²) in [6.07, 6.45) is 4.33. The molecule has 1 aromatic rings. The number of rotatable bonds is 4. The highest BCUT2D eigenvalue weighted by molar-refractivity contribution is 5.56. The second kappa shape index (κ2) is 6.94. The van der Waals surface area contributed by atoms with Gasteiger partial charge in [-0.2, -0.15) is 0 Å². The highest BCUT2D eigenvalue weighted by Gasteiger charge is 2.58. The molecule has 1 unspecified atom stereocenters. The van der Waals surface area contributed by atoms with Gasteiger partial charge in [-0.25, -0.2) is 0 Å². The van der Waals surface area contributed by atoms with E-state index in [1.807, 2.05) is 13.2 Å². The topological polar surface area (TPSA) is 54.0 Å². The maximum absolute atomic E-state index is 11.1. The van der Waals surface area contributed by atoms with Crippen molar-refractivity contribution >= 4 is 0 Å². The number of phenols is 1. The molecule has 27 heavy (non-hydrogen) atoms. The van der Waals surface area contributed by atoms with Gasteiger partial charge in [0.1, 0.15) is 0 Å². The number of nitrogens with one attached hydrogen (secondary N) is 1. The van der Waals surface area contributed by atoms with E-state index in [0.717, 1.165) is 37.8 Å². The van der Waals surface area contributed by atoms with E-state index in [1.165, 1.54) is 5.56 Å². The molecule has 5 nitrogen and oxygen atoms in total. The molecule has 5 atom stereocenters. The summed E-state index contributed by atoms with van der Waals surface area (Å²) in [6.45, 7) is 5.47. The Morgan fingerprint density at radius 1 is 1.30 bits per heavy atom. The van der Waals surface area contributed by atoms with Crippen molar-refractivity contribution in [2.24, 2.45) is 5.92 Å². The van der Waals surface area contributed by atoms with Gasteiger partial charge in [-0.05, 0) is 56.8 Å². The van der Waals surface area contributed by atoms with Gasteiger partial charge in [-0.1, -0.05) is 19.9 Å². The van der Waals surface area contributed by atoms with Crippen LogP contribution < -0.4 is 10.1 Å². The molecule has 2 N–H and O–H groups in total. The van der Waals surface area contributed by atoms with E-state index in [-0.39, 0.29) is 11.5 Å². The van der Waals surface area contributed by atoms with Crippen LogP contribution in [0.1, 0.15) is 44.2 Å². The molecule has 150 valence electrons. The molecule has 0 radical (unpaired) electrons. The molecule has 0 amide bonds. The number of piperidine rings is 1. The van der Waals surface area contributed by atoms with Crippen LogP contribution in [0.25, 0.3) is 0 Å². The Morgan fingerprint density at radius 3 is 2.74 bits per heavy atom. The van der Waals surface area contributed by atoms with Gasteiger partial charge in [0.2, 0.25) is 0 Å². The zero-order valence-electron chi connectivity index (χ0n) is 17.3. The Bertz CT molecular complexity index is 707. The highest BCUT2D eigenvalue weighted by atomic mass is 16.5. The van der Waals surface area contributed by atoms with E-state index < -0.39 is 0 Å². The molecule has 1 saturated heterocycles. The first-order valence-corrected chi connectivity index (χ1v) is 10.3. The van der Waals surface area contributed by atoms with Gasteiger partial charge in [0.25, 0.3) is 0 Å². The van der Waals surface area contributed by atoms with Crippen molar-refractivity contribution in [3.63, 3.8) is 0 Å². The smallest absolute Gasteiger partial charge is 0.161 e. The minimum Gasteiger partial charge on any atom is -0.504 e. The number of hydrogen-bond donors (Lipinski definition) is 2. The lowest BCUT2D eigenvalue weighted by molar-refractivity contribution is -0.0709. The SMILES string of the molecule is COc1ccc2c(c1O)[C@@]13CCN(C)[C@@H](C2)[C@H]1CC(OC)[C@@H](NC(C)C)C3. The molecule has 1 heterocycles.